The van der Waals surface area contributed by atoms with Crippen molar-refractivity contribution in [2.24, 2.45) is 5.92 Å². The number of para-hydroxylation sites is 1. The Morgan fingerprint density at radius 2 is 1.94 bits per heavy atom. The van der Waals surface area contributed by atoms with Crippen LogP contribution in [0.25, 0.3) is 0 Å². The van der Waals surface area contributed by atoms with Gasteiger partial charge in [-0.25, -0.2) is 0 Å². The van der Waals surface area contributed by atoms with Crippen molar-refractivity contribution in [1.29, 1.82) is 0 Å². The van der Waals surface area contributed by atoms with E-state index < -0.39 is 0 Å². The molecular formula is C16H24N2. The zero-order valence-corrected chi connectivity index (χ0v) is 11.4. The van der Waals surface area contributed by atoms with E-state index >= 15 is 0 Å². The molecule has 0 radical (unpaired) electrons. The molecule has 1 unspecified atom stereocenters. The zero-order valence-electron chi connectivity index (χ0n) is 11.4. The molecule has 1 saturated carbocycles. The quantitative estimate of drug-likeness (QED) is 0.856. The number of benzene rings is 1. The molecule has 0 spiro atoms. The van der Waals surface area contributed by atoms with E-state index in [1.807, 2.05) is 0 Å². The minimum absolute atomic E-state index is 0.677. The molecule has 98 valence electrons. The van der Waals surface area contributed by atoms with Gasteiger partial charge in [-0.05, 0) is 50.2 Å². The Morgan fingerprint density at radius 1 is 1.22 bits per heavy atom. The van der Waals surface area contributed by atoms with Crippen molar-refractivity contribution in [3.05, 3.63) is 29.8 Å². The van der Waals surface area contributed by atoms with Crippen LogP contribution in [0.1, 0.15) is 38.2 Å². The average Bonchev–Trinajstić information content (AvgIpc) is 3.12. The first-order valence-corrected chi connectivity index (χ1v) is 7.41. The van der Waals surface area contributed by atoms with Crippen LogP contribution in [0, 0.1) is 5.92 Å². The molecule has 1 aromatic rings. The smallest absolute Gasteiger partial charge is 0.0411 e. The number of anilines is 1. The maximum Gasteiger partial charge on any atom is 0.0411 e. The Balaban J connectivity index is 1.66. The Labute approximate surface area is 110 Å². The minimum atomic E-state index is 0.677. The van der Waals surface area contributed by atoms with E-state index in [-0.39, 0.29) is 0 Å². The van der Waals surface area contributed by atoms with Gasteiger partial charge in [0.2, 0.25) is 0 Å². The molecule has 3 rings (SSSR count). The van der Waals surface area contributed by atoms with Crippen LogP contribution in [0.3, 0.4) is 0 Å². The molecule has 0 aromatic heterocycles. The van der Waals surface area contributed by atoms with Crippen molar-refractivity contribution in [1.82, 2.24) is 5.32 Å². The molecule has 1 aromatic carbocycles. The van der Waals surface area contributed by atoms with E-state index in [9.17, 15) is 0 Å². The van der Waals surface area contributed by atoms with Crippen LogP contribution < -0.4 is 10.2 Å². The lowest BCUT2D eigenvalue weighted by Crippen LogP contribution is -2.28. The highest BCUT2D eigenvalue weighted by molar-refractivity contribution is 5.54. The summed E-state index contributed by atoms with van der Waals surface area (Å²) in [5.74, 6) is 0.934. The fourth-order valence-electron chi connectivity index (χ4n) is 2.96. The van der Waals surface area contributed by atoms with Crippen LogP contribution in [0.4, 0.5) is 5.69 Å². The largest absolute Gasteiger partial charge is 0.371 e. The number of nitrogens with zero attached hydrogens (tertiary/aromatic N) is 1. The SMILES string of the molecule is CC(NCc1ccccc1N1CCCC1)C1CC1. The van der Waals surface area contributed by atoms with Gasteiger partial charge in [-0.3, -0.25) is 0 Å². The number of hydrogen-bond acceptors (Lipinski definition) is 2. The third-order valence-corrected chi connectivity index (χ3v) is 4.38. The van der Waals surface area contributed by atoms with Crippen molar-refractivity contribution >= 4 is 5.69 Å². The average molecular weight is 244 g/mol. The van der Waals surface area contributed by atoms with Crippen molar-refractivity contribution in [3.8, 4) is 0 Å². The summed E-state index contributed by atoms with van der Waals surface area (Å²) in [6.07, 6.45) is 5.53. The topological polar surface area (TPSA) is 15.3 Å². The highest BCUT2D eigenvalue weighted by atomic mass is 15.1. The first kappa shape index (κ1) is 12.0. The second kappa shape index (κ2) is 5.31. The highest BCUT2D eigenvalue weighted by Gasteiger charge is 2.27. The van der Waals surface area contributed by atoms with Crippen molar-refractivity contribution in [3.63, 3.8) is 0 Å². The number of rotatable bonds is 5. The van der Waals surface area contributed by atoms with Gasteiger partial charge < -0.3 is 10.2 Å². The van der Waals surface area contributed by atoms with Crippen LogP contribution in [-0.2, 0) is 6.54 Å². The summed E-state index contributed by atoms with van der Waals surface area (Å²) in [5, 5.41) is 3.70. The van der Waals surface area contributed by atoms with Crippen molar-refractivity contribution in [2.75, 3.05) is 18.0 Å². The minimum Gasteiger partial charge on any atom is -0.371 e. The van der Waals surface area contributed by atoms with Gasteiger partial charge in [-0.15, -0.1) is 0 Å². The molecule has 2 aliphatic rings. The van der Waals surface area contributed by atoms with Crippen LogP contribution in [0.5, 0.6) is 0 Å². The maximum atomic E-state index is 3.70. The first-order valence-electron chi connectivity index (χ1n) is 7.41. The molecule has 2 fully saturated rings. The normalized spacial score (nSPS) is 21.3. The van der Waals surface area contributed by atoms with E-state index in [1.165, 1.54) is 50.0 Å². The van der Waals surface area contributed by atoms with E-state index in [4.69, 9.17) is 0 Å². The van der Waals surface area contributed by atoms with Crippen LogP contribution in [-0.4, -0.2) is 19.1 Å². The second-order valence-corrected chi connectivity index (χ2v) is 5.83. The molecule has 2 nitrogen and oxygen atoms in total. The Morgan fingerprint density at radius 3 is 2.67 bits per heavy atom. The standard InChI is InChI=1S/C16H24N2/c1-13(14-8-9-14)17-12-15-6-2-3-7-16(15)18-10-4-5-11-18/h2-3,6-7,13-14,17H,4-5,8-12H2,1H3. The maximum absolute atomic E-state index is 3.70. The van der Waals surface area contributed by atoms with Gasteiger partial charge in [0.15, 0.2) is 0 Å². The monoisotopic (exact) mass is 244 g/mol. The molecule has 18 heavy (non-hydrogen) atoms. The lowest BCUT2D eigenvalue weighted by atomic mass is 10.1. The molecule has 0 amide bonds. The van der Waals surface area contributed by atoms with Gasteiger partial charge in [0.05, 0.1) is 0 Å². The third-order valence-electron chi connectivity index (χ3n) is 4.38. The molecule has 1 aliphatic heterocycles. The third kappa shape index (κ3) is 2.69. The van der Waals surface area contributed by atoms with E-state index in [2.05, 4.69) is 41.4 Å². The summed E-state index contributed by atoms with van der Waals surface area (Å²) in [4.78, 5) is 2.54. The second-order valence-electron chi connectivity index (χ2n) is 5.83. The van der Waals surface area contributed by atoms with Crippen molar-refractivity contribution < 1.29 is 0 Å². The lowest BCUT2D eigenvalue weighted by molar-refractivity contribution is 0.496. The molecule has 1 aliphatic carbocycles. The van der Waals surface area contributed by atoms with Crippen LogP contribution in [0.15, 0.2) is 24.3 Å². The number of nitrogens with one attached hydrogen (secondary N) is 1. The molecule has 2 heteroatoms. The summed E-state index contributed by atoms with van der Waals surface area (Å²) >= 11 is 0. The molecule has 1 saturated heterocycles. The first-order chi connectivity index (χ1) is 8.84. The van der Waals surface area contributed by atoms with Gasteiger partial charge in [0.25, 0.3) is 0 Å². The Hall–Kier alpha value is -1.02. The summed E-state index contributed by atoms with van der Waals surface area (Å²) in [6, 6.07) is 9.57. The van der Waals surface area contributed by atoms with Crippen molar-refractivity contribution in [2.45, 2.75) is 45.2 Å². The zero-order chi connectivity index (χ0) is 12.4. The Bertz CT molecular complexity index is 392. The summed E-state index contributed by atoms with van der Waals surface area (Å²) in [5.41, 5.74) is 2.91. The predicted octanol–water partition coefficient (Wildman–Crippen LogP) is 3.17. The van der Waals surface area contributed by atoms with E-state index in [0.29, 0.717) is 6.04 Å². The van der Waals surface area contributed by atoms with Gasteiger partial charge in [-0.2, -0.15) is 0 Å². The van der Waals surface area contributed by atoms with Gasteiger partial charge >= 0.3 is 0 Å². The summed E-state index contributed by atoms with van der Waals surface area (Å²) in [7, 11) is 0. The Kier molecular flexibility index (Phi) is 3.55. The summed E-state index contributed by atoms with van der Waals surface area (Å²) in [6.45, 7) is 5.81. The van der Waals surface area contributed by atoms with E-state index in [1.54, 1.807) is 0 Å². The van der Waals surface area contributed by atoms with Gasteiger partial charge in [0.1, 0.15) is 0 Å². The number of hydrogen-bond donors (Lipinski definition) is 1. The van der Waals surface area contributed by atoms with Gasteiger partial charge in [-0.1, -0.05) is 18.2 Å². The van der Waals surface area contributed by atoms with Crippen LogP contribution in [0.2, 0.25) is 0 Å². The highest BCUT2D eigenvalue weighted by Crippen LogP contribution is 2.32. The molecule has 1 atom stereocenters. The fraction of sp³-hybridized carbons (Fsp3) is 0.625. The molecular weight excluding hydrogens is 220 g/mol. The fourth-order valence-corrected chi connectivity index (χ4v) is 2.96. The molecule has 1 heterocycles. The predicted molar refractivity (Wildman–Crippen MR) is 76.9 cm³/mol. The van der Waals surface area contributed by atoms with Crippen LogP contribution >= 0.6 is 0 Å². The van der Waals surface area contributed by atoms with E-state index in [0.717, 1.165) is 12.5 Å². The molecule has 1 N–H and O–H groups in total. The summed E-state index contributed by atoms with van der Waals surface area (Å²) < 4.78 is 0. The lowest BCUT2D eigenvalue weighted by Gasteiger charge is -2.22. The molecule has 0 bridgehead atoms. The van der Waals surface area contributed by atoms with Gasteiger partial charge in [0, 0.05) is 31.4 Å².